The van der Waals surface area contributed by atoms with Crippen LogP contribution in [0, 0.1) is 0 Å². The molecule has 0 aromatic heterocycles. The fraction of sp³-hybridized carbons (Fsp3) is 0.536. The molecule has 2 heterocycles. The van der Waals surface area contributed by atoms with Crippen molar-refractivity contribution in [1.82, 2.24) is 9.80 Å². The zero-order valence-corrected chi connectivity index (χ0v) is 19.8. The molecule has 0 spiro atoms. The number of amides is 1. The fourth-order valence-electron chi connectivity index (χ4n) is 5.45. The Hall–Kier alpha value is -2.37. The van der Waals surface area contributed by atoms with Gasteiger partial charge in [-0.25, -0.2) is 0 Å². The molecule has 5 heteroatoms. The van der Waals surface area contributed by atoms with Crippen molar-refractivity contribution in [1.29, 1.82) is 0 Å². The first kappa shape index (κ1) is 22.4. The van der Waals surface area contributed by atoms with Crippen molar-refractivity contribution < 1.29 is 14.3 Å². The van der Waals surface area contributed by atoms with Crippen molar-refractivity contribution in [2.24, 2.45) is 0 Å². The lowest BCUT2D eigenvalue weighted by atomic mass is 9.86. The van der Waals surface area contributed by atoms with Crippen molar-refractivity contribution in [3.63, 3.8) is 0 Å². The first-order valence-electron chi connectivity index (χ1n) is 12.6. The molecule has 2 atom stereocenters. The number of fused-ring (bicyclic) bond motifs is 1. The summed E-state index contributed by atoms with van der Waals surface area (Å²) in [6, 6.07) is 14.8. The van der Waals surface area contributed by atoms with Gasteiger partial charge >= 0.3 is 0 Å². The van der Waals surface area contributed by atoms with Gasteiger partial charge in [-0.2, -0.15) is 0 Å². The molecule has 0 N–H and O–H groups in total. The van der Waals surface area contributed by atoms with Gasteiger partial charge in [0.2, 0.25) is 0 Å². The monoisotopic (exact) mass is 448 g/mol. The Balaban J connectivity index is 1.16. The second-order valence-corrected chi connectivity index (χ2v) is 9.87. The van der Waals surface area contributed by atoms with Crippen LogP contribution in [0.3, 0.4) is 0 Å². The molecule has 2 fully saturated rings. The number of hydrogen-bond donors (Lipinski definition) is 0. The number of aryl methyl sites for hydroxylation is 1. The van der Waals surface area contributed by atoms with E-state index in [1.165, 1.54) is 42.6 Å². The highest BCUT2D eigenvalue weighted by molar-refractivity contribution is 5.94. The van der Waals surface area contributed by atoms with Crippen LogP contribution in [0.5, 0.6) is 5.75 Å². The predicted molar refractivity (Wildman–Crippen MR) is 130 cm³/mol. The zero-order chi connectivity index (χ0) is 22.6. The van der Waals surface area contributed by atoms with Crippen LogP contribution in [-0.4, -0.2) is 61.2 Å². The normalized spacial score (nSPS) is 22.8. The Morgan fingerprint density at radius 2 is 1.88 bits per heavy atom. The Labute approximate surface area is 197 Å². The smallest absolute Gasteiger partial charge is 0.253 e. The van der Waals surface area contributed by atoms with Gasteiger partial charge in [-0.05, 0) is 99.0 Å². The summed E-state index contributed by atoms with van der Waals surface area (Å²) in [5.41, 5.74) is 5.01. The van der Waals surface area contributed by atoms with Crippen LogP contribution in [0.25, 0.3) is 0 Å². The number of carbonyl (C=O) groups excluding carboxylic acids is 1. The maximum atomic E-state index is 13.1. The maximum Gasteiger partial charge on any atom is 0.253 e. The van der Waals surface area contributed by atoms with Crippen molar-refractivity contribution in [2.45, 2.75) is 63.6 Å². The van der Waals surface area contributed by atoms with Gasteiger partial charge in [-0.15, -0.1) is 0 Å². The summed E-state index contributed by atoms with van der Waals surface area (Å²) >= 11 is 0. The van der Waals surface area contributed by atoms with Crippen molar-refractivity contribution in [2.75, 3.05) is 33.4 Å². The van der Waals surface area contributed by atoms with E-state index in [2.05, 4.69) is 23.1 Å². The number of ether oxygens (including phenoxy) is 2. The van der Waals surface area contributed by atoms with Gasteiger partial charge in [0.25, 0.3) is 5.91 Å². The van der Waals surface area contributed by atoms with Crippen molar-refractivity contribution in [3.05, 3.63) is 64.7 Å². The van der Waals surface area contributed by atoms with E-state index in [1.54, 1.807) is 0 Å². The number of benzene rings is 2. The van der Waals surface area contributed by atoms with Gasteiger partial charge in [0, 0.05) is 31.8 Å². The first-order chi connectivity index (χ1) is 16.2. The van der Waals surface area contributed by atoms with Crippen LogP contribution in [0.2, 0.25) is 0 Å². The topological polar surface area (TPSA) is 42.0 Å². The van der Waals surface area contributed by atoms with Gasteiger partial charge in [0.05, 0.1) is 6.10 Å². The van der Waals surface area contributed by atoms with E-state index in [1.807, 2.05) is 36.2 Å². The molecule has 2 aromatic carbocycles. The minimum absolute atomic E-state index is 0.0831. The summed E-state index contributed by atoms with van der Waals surface area (Å²) in [6.45, 7) is 4.94. The van der Waals surface area contributed by atoms with E-state index in [9.17, 15) is 4.79 Å². The Morgan fingerprint density at radius 1 is 1.06 bits per heavy atom. The quantitative estimate of drug-likeness (QED) is 0.627. The second kappa shape index (κ2) is 10.3. The SMILES string of the molecule is CN(C(=O)c1ccc(OC[C@@H]2CCCO2)cc1)[C@H]1CCc2cc(CN3CCCC3)ccc2C1. The van der Waals surface area contributed by atoms with Crippen molar-refractivity contribution in [3.8, 4) is 5.75 Å². The predicted octanol–water partition coefficient (Wildman–Crippen LogP) is 4.47. The highest BCUT2D eigenvalue weighted by atomic mass is 16.5. The van der Waals surface area contributed by atoms with E-state index in [-0.39, 0.29) is 18.1 Å². The van der Waals surface area contributed by atoms with Crippen LogP contribution in [0.15, 0.2) is 42.5 Å². The van der Waals surface area contributed by atoms with Gasteiger partial charge in [-0.3, -0.25) is 9.69 Å². The molecule has 0 radical (unpaired) electrons. The number of carbonyl (C=O) groups is 1. The third-order valence-corrected chi connectivity index (χ3v) is 7.51. The summed E-state index contributed by atoms with van der Waals surface area (Å²) in [5.74, 6) is 0.876. The molecule has 1 amide bonds. The largest absolute Gasteiger partial charge is 0.491 e. The molecule has 33 heavy (non-hydrogen) atoms. The standard InChI is InChI=1S/C28H36N2O3/c1-29(28(31)22-9-12-26(13-10-22)33-20-27-5-4-16-32-27)25-11-8-23-17-21(6-7-24(23)18-25)19-30-14-2-3-15-30/h6-7,9-10,12-13,17,25,27H,2-5,8,11,14-16,18-20H2,1H3/t25-,27-/m0/s1. The van der Waals surface area contributed by atoms with E-state index < -0.39 is 0 Å². The molecule has 0 unspecified atom stereocenters. The second-order valence-electron chi connectivity index (χ2n) is 9.87. The fourth-order valence-corrected chi connectivity index (χ4v) is 5.45. The van der Waals surface area contributed by atoms with Gasteiger partial charge in [0.15, 0.2) is 0 Å². The average Bonchev–Trinajstić information content (AvgIpc) is 3.56. The van der Waals surface area contributed by atoms with E-state index in [4.69, 9.17) is 9.47 Å². The molecule has 2 saturated heterocycles. The summed E-state index contributed by atoms with van der Waals surface area (Å²) in [4.78, 5) is 17.6. The van der Waals surface area contributed by atoms with Crippen molar-refractivity contribution >= 4 is 5.91 Å². The lowest BCUT2D eigenvalue weighted by Crippen LogP contribution is -2.40. The molecule has 5 nitrogen and oxygen atoms in total. The van der Waals surface area contributed by atoms with Crippen LogP contribution in [0.1, 0.15) is 59.2 Å². The number of nitrogens with zero attached hydrogens (tertiary/aromatic N) is 2. The highest BCUT2D eigenvalue weighted by Crippen LogP contribution is 2.27. The molecule has 0 bridgehead atoms. The number of rotatable bonds is 7. The molecular formula is C28H36N2O3. The summed E-state index contributed by atoms with van der Waals surface area (Å²) in [5, 5.41) is 0. The van der Waals surface area contributed by atoms with E-state index >= 15 is 0 Å². The van der Waals surface area contributed by atoms with E-state index in [0.29, 0.717) is 12.2 Å². The van der Waals surface area contributed by atoms with Crippen LogP contribution < -0.4 is 4.74 Å². The summed E-state index contributed by atoms with van der Waals surface area (Å²) in [7, 11) is 1.95. The Morgan fingerprint density at radius 3 is 2.64 bits per heavy atom. The van der Waals surface area contributed by atoms with Crippen LogP contribution in [-0.2, 0) is 24.1 Å². The van der Waals surface area contributed by atoms with Crippen LogP contribution >= 0.6 is 0 Å². The van der Waals surface area contributed by atoms with Gasteiger partial charge < -0.3 is 14.4 Å². The lowest BCUT2D eigenvalue weighted by Gasteiger charge is -2.33. The minimum Gasteiger partial charge on any atom is -0.491 e. The van der Waals surface area contributed by atoms with E-state index in [0.717, 1.165) is 51.0 Å². The number of hydrogen-bond acceptors (Lipinski definition) is 4. The number of likely N-dealkylation sites (tertiary alicyclic amines) is 1. The average molecular weight is 449 g/mol. The number of likely N-dealkylation sites (N-methyl/N-ethyl adjacent to an activating group) is 1. The molecule has 2 aromatic rings. The maximum absolute atomic E-state index is 13.1. The molecule has 0 saturated carbocycles. The molecule has 3 aliphatic rings. The highest BCUT2D eigenvalue weighted by Gasteiger charge is 2.26. The third-order valence-electron chi connectivity index (χ3n) is 7.51. The van der Waals surface area contributed by atoms with Gasteiger partial charge in [0.1, 0.15) is 12.4 Å². The third kappa shape index (κ3) is 5.42. The first-order valence-corrected chi connectivity index (χ1v) is 12.6. The minimum atomic E-state index is 0.0831. The molecule has 5 rings (SSSR count). The molecule has 2 aliphatic heterocycles. The van der Waals surface area contributed by atoms with Gasteiger partial charge in [-0.1, -0.05) is 18.2 Å². The molecular weight excluding hydrogens is 412 g/mol. The zero-order valence-electron chi connectivity index (χ0n) is 19.8. The molecule has 1 aliphatic carbocycles. The Bertz CT molecular complexity index is 946. The Kier molecular flexibility index (Phi) is 6.98. The van der Waals surface area contributed by atoms with Crippen LogP contribution in [0.4, 0.5) is 0 Å². The lowest BCUT2D eigenvalue weighted by molar-refractivity contribution is 0.0677. The molecule has 176 valence electrons. The summed E-state index contributed by atoms with van der Waals surface area (Å²) in [6.07, 6.45) is 8.03. The summed E-state index contributed by atoms with van der Waals surface area (Å²) < 4.78 is 11.4.